The van der Waals surface area contributed by atoms with Crippen molar-refractivity contribution in [2.75, 3.05) is 26.7 Å². The summed E-state index contributed by atoms with van der Waals surface area (Å²) in [5, 5.41) is 6.01. The predicted octanol–water partition coefficient (Wildman–Crippen LogP) is -0.195. The molecule has 1 aliphatic heterocycles. The molecule has 1 rings (SSSR count). The second kappa shape index (κ2) is 5.32. The van der Waals surface area contributed by atoms with Crippen molar-refractivity contribution >= 4 is 5.91 Å². The average Bonchev–Trinajstić information content (AvgIpc) is 2.18. The molecule has 0 aliphatic carbocycles. The van der Waals surface area contributed by atoms with E-state index in [1.165, 1.54) is 0 Å². The van der Waals surface area contributed by atoms with Crippen LogP contribution in [0.5, 0.6) is 0 Å². The highest BCUT2D eigenvalue weighted by Gasteiger charge is 2.25. The van der Waals surface area contributed by atoms with E-state index in [-0.39, 0.29) is 5.91 Å². The Morgan fingerprint density at radius 2 is 2.36 bits per heavy atom. The van der Waals surface area contributed by atoms with Gasteiger partial charge in [0.2, 0.25) is 5.91 Å². The molecule has 0 saturated carbocycles. The van der Waals surface area contributed by atoms with Crippen LogP contribution in [0.15, 0.2) is 0 Å². The molecule has 1 aliphatic rings. The van der Waals surface area contributed by atoms with E-state index in [9.17, 15) is 4.79 Å². The Bertz CT molecular complexity index is 194. The van der Waals surface area contributed by atoms with Gasteiger partial charge >= 0.3 is 0 Å². The Morgan fingerprint density at radius 1 is 1.64 bits per heavy atom. The molecule has 1 saturated heterocycles. The summed E-state index contributed by atoms with van der Waals surface area (Å²) in [7, 11) is 1.69. The zero-order chi connectivity index (χ0) is 10.6. The van der Waals surface area contributed by atoms with Crippen LogP contribution in [0.2, 0.25) is 0 Å². The Hall–Kier alpha value is -0.610. The van der Waals surface area contributed by atoms with Crippen LogP contribution in [0.25, 0.3) is 0 Å². The van der Waals surface area contributed by atoms with Gasteiger partial charge in [0.15, 0.2) is 0 Å². The maximum atomic E-state index is 11.3. The van der Waals surface area contributed by atoms with E-state index in [0.717, 1.165) is 19.6 Å². The standard InChI is InChI=1S/C10H21N3O/c1-8(2)13-5-4-12-7-9(13)6-10(14)11-3/h8-9,12H,4-7H2,1-3H3,(H,11,14). The number of piperazine rings is 1. The second-order valence-corrected chi connectivity index (χ2v) is 4.07. The summed E-state index contributed by atoms with van der Waals surface area (Å²) in [6, 6.07) is 0.871. The Kier molecular flexibility index (Phi) is 4.35. The number of nitrogens with zero attached hydrogens (tertiary/aromatic N) is 1. The minimum absolute atomic E-state index is 0.129. The molecule has 0 radical (unpaired) electrons. The minimum Gasteiger partial charge on any atom is -0.359 e. The van der Waals surface area contributed by atoms with Gasteiger partial charge in [-0.2, -0.15) is 0 Å². The monoisotopic (exact) mass is 199 g/mol. The van der Waals surface area contributed by atoms with Crippen molar-refractivity contribution in [1.82, 2.24) is 15.5 Å². The van der Waals surface area contributed by atoms with Gasteiger partial charge in [-0.3, -0.25) is 9.69 Å². The summed E-state index contributed by atoms with van der Waals surface area (Å²) in [5.41, 5.74) is 0. The summed E-state index contributed by atoms with van der Waals surface area (Å²) in [6.07, 6.45) is 0.599. The number of amides is 1. The maximum Gasteiger partial charge on any atom is 0.221 e. The van der Waals surface area contributed by atoms with Crippen LogP contribution in [0.4, 0.5) is 0 Å². The molecule has 0 aromatic heterocycles. The van der Waals surface area contributed by atoms with Crippen molar-refractivity contribution in [2.45, 2.75) is 32.4 Å². The topological polar surface area (TPSA) is 44.4 Å². The van der Waals surface area contributed by atoms with Gasteiger partial charge in [-0.25, -0.2) is 0 Å². The van der Waals surface area contributed by atoms with E-state index < -0.39 is 0 Å². The molecule has 2 N–H and O–H groups in total. The van der Waals surface area contributed by atoms with E-state index in [0.29, 0.717) is 18.5 Å². The van der Waals surface area contributed by atoms with Crippen molar-refractivity contribution < 1.29 is 4.79 Å². The summed E-state index contributed by atoms with van der Waals surface area (Å²) in [4.78, 5) is 13.7. The van der Waals surface area contributed by atoms with Crippen LogP contribution < -0.4 is 10.6 Å². The third-order valence-corrected chi connectivity index (χ3v) is 2.76. The molecule has 0 aromatic carbocycles. The van der Waals surface area contributed by atoms with E-state index in [2.05, 4.69) is 29.4 Å². The van der Waals surface area contributed by atoms with Gasteiger partial charge in [0.1, 0.15) is 0 Å². The smallest absolute Gasteiger partial charge is 0.221 e. The fourth-order valence-corrected chi connectivity index (χ4v) is 1.96. The predicted molar refractivity (Wildman–Crippen MR) is 57.2 cm³/mol. The molecule has 14 heavy (non-hydrogen) atoms. The van der Waals surface area contributed by atoms with Gasteiger partial charge in [-0.15, -0.1) is 0 Å². The molecule has 0 spiro atoms. The fraction of sp³-hybridized carbons (Fsp3) is 0.900. The normalized spacial score (nSPS) is 23.9. The van der Waals surface area contributed by atoms with Gasteiger partial charge in [0.05, 0.1) is 0 Å². The van der Waals surface area contributed by atoms with Crippen LogP contribution in [-0.4, -0.2) is 49.6 Å². The summed E-state index contributed by atoms with van der Waals surface area (Å²) in [5.74, 6) is 0.129. The lowest BCUT2D eigenvalue weighted by Crippen LogP contribution is -2.55. The maximum absolute atomic E-state index is 11.3. The molecule has 1 heterocycles. The summed E-state index contributed by atoms with van der Waals surface area (Å²) < 4.78 is 0. The minimum atomic E-state index is 0.129. The van der Waals surface area contributed by atoms with Crippen LogP contribution in [0.1, 0.15) is 20.3 Å². The lowest BCUT2D eigenvalue weighted by molar-refractivity contribution is -0.122. The second-order valence-electron chi connectivity index (χ2n) is 4.07. The third-order valence-electron chi connectivity index (χ3n) is 2.76. The number of hydrogen-bond acceptors (Lipinski definition) is 3. The fourth-order valence-electron chi connectivity index (χ4n) is 1.96. The highest BCUT2D eigenvalue weighted by Crippen LogP contribution is 2.11. The number of rotatable bonds is 3. The molecule has 1 atom stereocenters. The van der Waals surface area contributed by atoms with Crippen LogP contribution in [0.3, 0.4) is 0 Å². The first-order valence-electron chi connectivity index (χ1n) is 5.32. The SMILES string of the molecule is CNC(=O)CC1CNCCN1C(C)C. The van der Waals surface area contributed by atoms with E-state index in [4.69, 9.17) is 0 Å². The van der Waals surface area contributed by atoms with Gasteiger partial charge in [0, 0.05) is 45.2 Å². The van der Waals surface area contributed by atoms with Crippen LogP contribution in [0, 0.1) is 0 Å². The van der Waals surface area contributed by atoms with Crippen LogP contribution >= 0.6 is 0 Å². The Morgan fingerprint density at radius 3 is 2.93 bits per heavy atom. The van der Waals surface area contributed by atoms with Crippen molar-refractivity contribution in [3.63, 3.8) is 0 Å². The lowest BCUT2D eigenvalue weighted by atomic mass is 10.1. The van der Waals surface area contributed by atoms with Crippen molar-refractivity contribution in [3.8, 4) is 0 Å². The molecular weight excluding hydrogens is 178 g/mol. The largest absolute Gasteiger partial charge is 0.359 e. The van der Waals surface area contributed by atoms with Gasteiger partial charge in [-0.05, 0) is 13.8 Å². The van der Waals surface area contributed by atoms with Gasteiger partial charge in [0.25, 0.3) is 0 Å². The number of hydrogen-bond donors (Lipinski definition) is 2. The van der Waals surface area contributed by atoms with Crippen molar-refractivity contribution in [1.29, 1.82) is 0 Å². The highest BCUT2D eigenvalue weighted by molar-refractivity contribution is 5.76. The van der Waals surface area contributed by atoms with Gasteiger partial charge in [-0.1, -0.05) is 0 Å². The van der Waals surface area contributed by atoms with E-state index in [1.54, 1.807) is 7.05 Å². The summed E-state index contributed by atoms with van der Waals surface area (Å²) in [6.45, 7) is 7.36. The average molecular weight is 199 g/mol. The lowest BCUT2D eigenvalue weighted by Gasteiger charge is -2.38. The molecule has 82 valence electrons. The van der Waals surface area contributed by atoms with E-state index in [1.807, 2.05) is 0 Å². The highest BCUT2D eigenvalue weighted by atomic mass is 16.1. The number of carbonyl (C=O) groups excluding carboxylic acids is 1. The zero-order valence-corrected chi connectivity index (χ0v) is 9.34. The van der Waals surface area contributed by atoms with E-state index >= 15 is 0 Å². The Labute approximate surface area is 86.0 Å². The van der Waals surface area contributed by atoms with Crippen molar-refractivity contribution in [2.24, 2.45) is 0 Å². The quantitative estimate of drug-likeness (QED) is 0.662. The molecule has 1 unspecified atom stereocenters. The van der Waals surface area contributed by atoms with Gasteiger partial charge < -0.3 is 10.6 Å². The third kappa shape index (κ3) is 2.96. The molecule has 4 heteroatoms. The zero-order valence-electron chi connectivity index (χ0n) is 9.34. The number of carbonyl (C=O) groups is 1. The Balaban J connectivity index is 2.49. The summed E-state index contributed by atoms with van der Waals surface area (Å²) >= 11 is 0. The molecule has 0 bridgehead atoms. The van der Waals surface area contributed by atoms with Crippen LogP contribution in [-0.2, 0) is 4.79 Å². The first kappa shape index (κ1) is 11.5. The van der Waals surface area contributed by atoms with Crippen molar-refractivity contribution in [3.05, 3.63) is 0 Å². The molecule has 4 nitrogen and oxygen atoms in total. The first-order valence-corrected chi connectivity index (χ1v) is 5.32. The molecular formula is C10H21N3O. The number of nitrogens with one attached hydrogen (secondary N) is 2. The molecule has 0 aromatic rings. The molecule has 1 fully saturated rings. The molecule has 1 amide bonds. The first-order chi connectivity index (χ1) is 6.65.